The van der Waals surface area contributed by atoms with Crippen molar-refractivity contribution < 1.29 is 19.1 Å². The smallest absolute Gasteiger partial charge is 0.305 e. The van der Waals surface area contributed by atoms with Crippen LogP contribution in [-0.4, -0.2) is 26.8 Å². The number of carbonyl (C=O) groups excluding carboxylic acids is 1. The van der Waals surface area contributed by atoms with Crippen molar-refractivity contribution in [1.29, 1.82) is 0 Å². The highest BCUT2D eigenvalue weighted by molar-refractivity contribution is 6.30. The molecule has 3 rings (SSSR count). The van der Waals surface area contributed by atoms with Gasteiger partial charge in [-0.3, -0.25) is 19.5 Å². The van der Waals surface area contributed by atoms with Gasteiger partial charge < -0.3 is 10.4 Å². The van der Waals surface area contributed by atoms with Crippen LogP contribution < -0.4 is 10.9 Å². The Morgan fingerprint density at radius 2 is 1.93 bits per heavy atom. The summed E-state index contributed by atoms with van der Waals surface area (Å²) < 4.78 is 14.6. The van der Waals surface area contributed by atoms with Crippen molar-refractivity contribution in [3.05, 3.63) is 87.0 Å². The highest BCUT2D eigenvalue weighted by atomic mass is 35.5. The summed E-state index contributed by atoms with van der Waals surface area (Å²) in [4.78, 5) is 35.9. The summed E-state index contributed by atoms with van der Waals surface area (Å²) in [7, 11) is 0. The highest BCUT2D eigenvalue weighted by Gasteiger charge is 2.21. The highest BCUT2D eigenvalue weighted by Crippen LogP contribution is 2.19. The number of carboxylic acids is 1. The molecule has 144 valence electrons. The van der Waals surface area contributed by atoms with Gasteiger partial charge in [-0.2, -0.15) is 0 Å². The Morgan fingerprint density at radius 1 is 1.18 bits per heavy atom. The molecular weight excluding hydrogens is 389 g/mol. The number of hydrogen-bond acceptors (Lipinski definition) is 3. The molecule has 1 aromatic heterocycles. The molecule has 0 unspecified atom stereocenters. The monoisotopic (exact) mass is 403 g/mol. The van der Waals surface area contributed by atoms with Crippen LogP contribution in [0.2, 0.25) is 5.02 Å². The summed E-state index contributed by atoms with van der Waals surface area (Å²) in [5, 5.41) is 14.7. The van der Waals surface area contributed by atoms with E-state index in [9.17, 15) is 18.8 Å². The van der Waals surface area contributed by atoms with E-state index in [-0.39, 0.29) is 5.69 Å². The molecule has 0 aliphatic carbocycles. The molecule has 0 fully saturated rings. The molecule has 1 heterocycles. The molecule has 0 radical (unpaired) electrons. The summed E-state index contributed by atoms with van der Waals surface area (Å²) >= 11 is 5.92. The van der Waals surface area contributed by atoms with Gasteiger partial charge in [-0.1, -0.05) is 29.8 Å². The van der Waals surface area contributed by atoms with Crippen molar-refractivity contribution in [1.82, 2.24) is 15.1 Å². The Bertz CT molecular complexity index is 1090. The number of nitrogens with one attached hydrogen (secondary N) is 2. The van der Waals surface area contributed by atoms with Crippen molar-refractivity contribution in [3.8, 4) is 5.69 Å². The van der Waals surface area contributed by atoms with Gasteiger partial charge in [-0.05, 0) is 35.9 Å². The van der Waals surface area contributed by atoms with E-state index in [2.05, 4.69) is 10.4 Å². The molecule has 1 amide bonds. The predicted octanol–water partition coefficient (Wildman–Crippen LogP) is 2.90. The van der Waals surface area contributed by atoms with E-state index >= 15 is 0 Å². The molecule has 7 nitrogen and oxygen atoms in total. The maximum Gasteiger partial charge on any atom is 0.305 e. The van der Waals surface area contributed by atoms with E-state index in [1.807, 2.05) is 0 Å². The first-order valence-corrected chi connectivity index (χ1v) is 8.57. The van der Waals surface area contributed by atoms with Crippen molar-refractivity contribution in [3.63, 3.8) is 0 Å². The van der Waals surface area contributed by atoms with Gasteiger partial charge in [0.05, 0.1) is 18.2 Å². The Morgan fingerprint density at radius 3 is 2.61 bits per heavy atom. The fraction of sp³-hybridized carbons (Fsp3) is 0.105. The van der Waals surface area contributed by atoms with Crippen LogP contribution in [0.5, 0.6) is 0 Å². The van der Waals surface area contributed by atoms with Gasteiger partial charge in [0.2, 0.25) is 0 Å². The topological polar surface area (TPSA) is 104 Å². The summed E-state index contributed by atoms with van der Waals surface area (Å²) in [6, 6.07) is 11.9. The van der Waals surface area contributed by atoms with Gasteiger partial charge in [0.25, 0.3) is 11.5 Å². The van der Waals surface area contributed by atoms with Crippen LogP contribution in [-0.2, 0) is 4.79 Å². The van der Waals surface area contributed by atoms with Crippen LogP contribution in [0.1, 0.15) is 28.5 Å². The van der Waals surface area contributed by atoms with E-state index in [1.54, 1.807) is 24.3 Å². The molecule has 9 heteroatoms. The molecule has 0 aliphatic rings. The number of H-pyrrole nitrogens is 1. The number of halogens is 2. The minimum Gasteiger partial charge on any atom is -0.481 e. The summed E-state index contributed by atoms with van der Waals surface area (Å²) in [5.41, 5.74) is 0.167. The van der Waals surface area contributed by atoms with Crippen LogP contribution in [0.4, 0.5) is 4.39 Å². The predicted molar refractivity (Wildman–Crippen MR) is 100 cm³/mol. The Labute approximate surface area is 163 Å². The zero-order chi connectivity index (χ0) is 20.3. The maximum atomic E-state index is 13.5. The molecule has 3 aromatic rings. The number of aliphatic carboxylic acids is 1. The van der Waals surface area contributed by atoms with Gasteiger partial charge in [0.1, 0.15) is 11.5 Å². The minimum absolute atomic E-state index is 0.0724. The number of hydrogen-bond donors (Lipinski definition) is 3. The molecular formula is C19H15ClFN3O4. The summed E-state index contributed by atoms with van der Waals surface area (Å²) in [6.07, 6.45) is -0.450. The second-order valence-electron chi connectivity index (χ2n) is 6.00. The van der Waals surface area contributed by atoms with Crippen LogP contribution >= 0.6 is 11.6 Å². The van der Waals surface area contributed by atoms with Crippen LogP contribution in [0.3, 0.4) is 0 Å². The Kier molecular flexibility index (Phi) is 5.60. The fourth-order valence-electron chi connectivity index (χ4n) is 2.71. The molecule has 3 N–H and O–H groups in total. The van der Waals surface area contributed by atoms with E-state index in [4.69, 9.17) is 16.7 Å². The van der Waals surface area contributed by atoms with Gasteiger partial charge in [0.15, 0.2) is 0 Å². The van der Waals surface area contributed by atoms with Crippen molar-refractivity contribution in [2.45, 2.75) is 12.5 Å². The van der Waals surface area contributed by atoms with Crippen LogP contribution in [0, 0.1) is 5.82 Å². The van der Waals surface area contributed by atoms with Gasteiger partial charge in [-0.15, -0.1) is 0 Å². The number of aromatic amines is 1. The second kappa shape index (κ2) is 8.10. The average molecular weight is 404 g/mol. The second-order valence-corrected chi connectivity index (χ2v) is 6.44. The van der Waals surface area contributed by atoms with E-state index in [0.717, 1.165) is 16.8 Å². The van der Waals surface area contributed by atoms with Crippen LogP contribution in [0.25, 0.3) is 5.69 Å². The van der Waals surface area contributed by atoms with Crippen molar-refractivity contribution >= 4 is 23.5 Å². The lowest BCUT2D eigenvalue weighted by Crippen LogP contribution is -2.30. The van der Waals surface area contributed by atoms with Crippen LogP contribution in [0.15, 0.2) is 59.4 Å². The quantitative estimate of drug-likeness (QED) is 0.588. The molecule has 0 bridgehead atoms. The lowest BCUT2D eigenvalue weighted by atomic mass is 10.0. The zero-order valence-electron chi connectivity index (χ0n) is 14.4. The molecule has 0 spiro atoms. The normalized spacial score (nSPS) is 11.8. The largest absolute Gasteiger partial charge is 0.481 e. The number of carboxylic acid groups (broad SMARTS) is 1. The first-order valence-electron chi connectivity index (χ1n) is 8.19. The average Bonchev–Trinajstić information content (AvgIpc) is 3.03. The lowest BCUT2D eigenvalue weighted by Gasteiger charge is -2.17. The first-order chi connectivity index (χ1) is 13.3. The number of nitrogens with zero attached hydrogens (tertiary/aromatic N) is 1. The molecule has 1 atom stereocenters. The number of amides is 1. The van der Waals surface area contributed by atoms with E-state index < -0.39 is 35.7 Å². The molecule has 0 aliphatic heterocycles. The molecule has 2 aromatic carbocycles. The van der Waals surface area contributed by atoms with Gasteiger partial charge in [-0.25, -0.2) is 9.07 Å². The minimum atomic E-state index is -1.17. The van der Waals surface area contributed by atoms with E-state index in [0.29, 0.717) is 16.3 Å². The lowest BCUT2D eigenvalue weighted by molar-refractivity contribution is -0.137. The molecule has 28 heavy (non-hydrogen) atoms. The number of carbonyl (C=O) groups is 2. The standard InChI is InChI=1S/C19H15ClFN3O4/c20-12-4-2-6-14(8-12)24-17(25)9-16(23-24)19(28)22-15(10-18(26)27)11-3-1-5-13(21)7-11/h1-9,15,23H,10H2,(H,22,28)(H,26,27)/t15-/m0/s1. The Hall–Kier alpha value is -3.39. The van der Waals surface area contributed by atoms with Crippen molar-refractivity contribution in [2.24, 2.45) is 0 Å². The summed E-state index contributed by atoms with van der Waals surface area (Å²) in [5.74, 6) is -2.42. The Balaban J connectivity index is 1.87. The van der Waals surface area contributed by atoms with Crippen molar-refractivity contribution in [2.75, 3.05) is 0 Å². The third kappa shape index (κ3) is 4.47. The number of benzene rings is 2. The summed E-state index contributed by atoms with van der Waals surface area (Å²) in [6.45, 7) is 0. The third-order valence-electron chi connectivity index (χ3n) is 3.97. The zero-order valence-corrected chi connectivity index (χ0v) is 15.1. The first kappa shape index (κ1) is 19.4. The van der Waals surface area contributed by atoms with Gasteiger partial charge in [0, 0.05) is 11.1 Å². The number of aromatic nitrogens is 2. The molecule has 0 saturated carbocycles. The SMILES string of the molecule is O=C(O)C[C@H](NC(=O)c1cc(=O)n(-c2cccc(Cl)c2)[nH]1)c1cccc(F)c1. The number of rotatable bonds is 6. The third-order valence-corrected chi connectivity index (χ3v) is 4.20. The fourth-order valence-corrected chi connectivity index (χ4v) is 2.89. The maximum absolute atomic E-state index is 13.5. The molecule has 0 saturated heterocycles. The van der Waals surface area contributed by atoms with Gasteiger partial charge >= 0.3 is 5.97 Å². The van der Waals surface area contributed by atoms with E-state index in [1.165, 1.54) is 18.2 Å².